The van der Waals surface area contributed by atoms with Gasteiger partial charge in [0.15, 0.2) is 5.65 Å². The van der Waals surface area contributed by atoms with E-state index in [0.717, 1.165) is 40.6 Å². The molecule has 3 aromatic rings. The van der Waals surface area contributed by atoms with Crippen LogP contribution in [0.5, 0.6) is 0 Å². The average molecular weight is 333 g/mol. The molecule has 0 bridgehead atoms. The van der Waals surface area contributed by atoms with E-state index in [1.165, 1.54) is 0 Å². The molecule has 3 aromatic heterocycles. The standard InChI is InChI=1S/C15H19N5O2S/c1-20-14-12(15(19-20)23-2)13(17-10-18-14)16-6-4-7-21-9-11-5-3-8-22-11/h3,5,8,10H,4,6-7,9H2,1-2H3,(H,16,17,18). The Morgan fingerprint density at radius 2 is 2.30 bits per heavy atom. The van der Waals surface area contributed by atoms with Crippen molar-refractivity contribution in [2.75, 3.05) is 24.7 Å². The van der Waals surface area contributed by atoms with Gasteiger partial charge in [0.05, 0.1) is 11.6 Å². The van der Waals surface area contributed by atoms with Crippen molar-refractivity contribution >= 4 is 28.6 Å². The van der Waals surface area contributed by atoms with Crippen molar-refractivity contribution in [3.63, 3.8) is 0 Å². The summed E-state index contributed by atoms with van der Waals surface area (Å²) < 4.78 is 12.6. The van der Waals surface area contributed by atoms with E-state index in [9.17, 15) is 0 Å². The number of aromatic nitrogens is 4. The van der Waals surface area contributed by atoms with E-state index in [1.807, 2.05) is 25.4 Å². The lowest BCUT2D eigenvalue weighted by Gasteiger charge is -2.07. The zero-order chi connectivity index (χ0) is 16.1. The third-order valence-electron chi connectivity index (χ3n) is 3.36. The largest absolute Gasteiger partial charge is 0.467 e. The van der Waals surface area contributed by atoms with E-state index in [2.05, 4.69) is 20.4 Å². The van der Waals surface area contributed by atoms with Gasteiger partial charge in [-0.15, -0.1) is 11.8 Å². The summed E-state index contributed by atoms with van der Waals surface area (Å²) in [7, 11) is 1.89. The molecule has 23 heavy (non-hydrogen) atoms. The summed E-state index contributed by atoms with van der Waals surface area (Å²) in [5.74, 6) is 1.66. The van der Waals surface area contributed by atoms with Gasteiger partial charge in [-0.25, -0.2) is 14.6 Å². The van der Waals surface area contributed by atoms with Gasteiger partial charge in [0.2, 0.25) is 0 Å². The summed E-state index contributed by atoms with van der Waals surface area (Å²) in [6.07, 6.45) is 6.09. The first-order valence-corrected chi connectivity index (χ1v) is 8.57. The summed E-state index contributed by atoms with van der Waals surface area (Å²) in [4.78, 5) is 8.64. The molecule has 0 fully saturated rings. The van der Waals surface area contributed by atoms with Crippen LogP contribution >= 0.6 is 11.8 Å². The molecule has 3 rings (SSSR count). The van der Waals surface area contributed by atoms with Crippen molar-refractivity contribution in [3.8, 4) is 0 Å². The predicted octanol–water partition coefficient (Wildman–Crippen LogP) is 2.70. The molecule has 3 heterocycles. The van der Waals surface area contributed by atoms with Crippen molar-refractivity contribution in [2.45, 2.75) is 18.1 Å². The highest BCUT2D eigenvalue weighted by Crippen LogP contribution is 2.28. The van der Waals surface area contributed by atoms with Gasteiger partial charge in [-0.3, -0.25) is 0 Å². The zero-order valence-electron chi connectivity index (χ0n) is 13.2. The Kier molecular flexibility index (Phi) is 5.14. The second kappa shape index (κ2) is 7.47. The lowest BCUT2D eigenvalue weighted by Crippen LogP contribution is -2.07. The molecule has 0 radical (unpaired) electrons. The number of anilines is 1. The van der Waals surface area contributed by atoms with Crippen molar-refractivity contribution in [2.24, 2.45) is 7.05 Å². The number of ether oxygens (including phenoxy) is 1. The predicted molar refractivity (Wildman–Crippen MR) is 89.6 cm³/mol. The number of nitrogens with one attached hydrogen (secondary N) is 1. The molecule has 0 spiro atoms. The molecule has 0 aliphatic carbocycles. The number of furan rings is 1. The smallest absolute Gasteiger partial charge is 0.164 e. The lowest BCUT2D eigenvalue weighted by molar-refractivity contribution is 0.106. The lowest BCUT2D eigenvalue weighted by atomic mass is 10.3. The highest BCUT2D eigenvalue weighted by molar-refractivity contribution is 7.98. The highest BCUT2D eigenvalue weighted by atomic mass is 32.2. The van der Waals surface area contributed by atoms with Gasteiger partial charge in [0.25, 0.3) is 0 Å². The maximum atomic E-state index is 5.57. The minimum absolute atomic E-state index is 0.504. The van der Waals surface area contributed by atoms with Gasteiger partial charge < -0.3 is 14.5 Å². The highest BCUT2D eigenvalue weighted by Gasteiger charge is 2.14. The molecule has 0 aliphatic heterocycles. The molecule has 122 valence electrons. The Morgan fingerprint density at radius 1 is 1.39 bits per heavy atom. The van der Waals surface area contributed by atoms with Crippen LogP contribution in [0.3, 0.4) is 0 Å². The number of thioether (sulfide) groups is 1. The van der Waals surface area contributed by atoms with Crippen LogP contribution in [0.15, 0.2) is 34.2 Å². The maximum absolute atomic E-state index is 5.57. The molecule has 0 aromatic carbocycles. The fourth-order valence-corrected chi connectivity index (χ4v) is 2.87. The van der Waals surface area contributed by atoms with Crippen LogP contribution in [0.2, 0.25) is 0 Å². The summed E-state index contributed by atoms with van der Waals surface area (Å²) in [5.41, 5.74) is 0.834. The van der Waals surface area contributed by atoms with Gasteiger partial charge >= 0.3 is 0 Å². The minimum atomic E-state index is 0.504. The number of hydrogen-bond acceptors (Lipinski definition) is 7. The van der Waals surface area contributed by atoms with E-state index < -0.39 is 0 Å². The fourth-order valence-electron chi connectivity index (χ4n) is 2.28. The first-order chi connectivity index (χ1) is 11.3. The molecule has 8 heteroatoms. The molecule has 1 N–H and O–H groups in total. The van der Waals surface area contributed by atoms with Gasteiger partial charge in [-0.05, 0) is 24.8 Å². The van der Waals surface area contributed by atoms with Crippen LogP contribution in [0.1, 0.15) is 12.2 Å². The Morgan fingerprint density at radius 3 is 3.09 bits per heavy atom. The zero-order valence-corrected chi connectivity index (χ0v) is 14.0. The Labute approximate surface area is 138 Å². The average Bonchev–Trinajstić information content (AvgIpc) is 3.19. The first-order valence-electron chi connectivity index (χ1n) is 7.35. The van der Waals surface area contributed by atoms with Crippen LogP contribution in [0.25, 0.3) is 11.0 Å². The molecular formula is C15H19N5O2S. The van der Waals surface area contributed by atoms with Gasteiger partial charge in [0.1, 0.15) is 29.5 Å². The number of rotatable bonds is 8. The Hall–Kier alpha value is -2.06. The number of fused-ring (bicyclic) bond motifs is 1. The molecule has 0 amide bonds. The van der Waals surface area contributed by atoms with Gasteiger partial charge in [0, 0.05) is 20.2 Å². The summed E-state index contributed by atoms with van der Waals surface area (Å²) >= 11 is 1.59. The van der Waals surface area contributed by atoms with Gasteiger partial charge in [-0.1, -0.05) is 0 Å². The van der Waals surface area contributed by atoms with Crippen molar-refractivity contribution in [3.05, 3.63) is 30.5 Å². The number of nitrogens with zero attached hydrogens (tertiary/aromatic N) is 4. The quantitative estimate of drug-likeness (QED) is 0.501. The number of aryl methyl sites for hydroxylation is 1. The van der Waals surface area contributed by atoms with Crippen LogP contribution in [-0.2, 0) is 18.4 Å². The molecule has 0 atom stereocenters. The Bertz CT molecular complexity index is 757. The second-order valence-electron chi connectivity index (χ2n) is 4.97. The normalized spacial score (nSPS) is 11.2. The fraction of sp³-hybridized carbons (Fsp3) is 0.400. The van der Waals surface area contributed by atoms with E-state index in [-0.39, 0.29) is 0 Å². The molecule has 0 saturated carbocycles. The van der Waals surface area contributed by atoms with E-state index in [4.69, 9.17) is 9.15 Å². The van der Waals surface area contributed by atoms with Crippen molar-refractivity contribution < 1.29 is 9.15 Å². The Balaban J connectivity index is 1.53. The summed E-state index contributed by atoms with van der Waals surface area (Å²) in [5, 5.41) is 9.71. The SMILES string of the molecule is CSc1nn(C)c2ncnc(NCCCOCc3ccco3)c12. The topological polar surface area (TPSA) is 78.0 Å². The van der Waals surface area contributed by atoms with Crippen molar-refractivity contribution in [1.29, 1.82) is 0 Å². The summed E-state index contributed by atoms with van der Waals surface area (Å²) in [6.45, 7) is 1.93. The minimum Gasteiger partial charge on any atom is -0.467 e. The van der Waals surface area contributed by atoms with E-state index in [1.54, 1.807) is 29.0 Å². The third-order valence-corrected chi connectivity index (χ3v) is 4.04. The molecular weight excluding hydrogens is 314 g/mol. The monoisotopic (exact) mass is 333 g/mol. The summed E-state index contributed by atoms with van der Waals surface area (Å²) in [6, 6.07) is 3.76. The molecule has 0 aliphatic rings. The maximum Gasteiger partial charge on any atom is 0.164 e. The van der Waals surface area contributed by atoms with Crippen LogP contribution in [0, 0.1) is 0 Å². The van der Waals surface area contributed by atoms with Gasteiger partial charge in [-0.2, -0.15) is 5.10 Å². The van der Waals surface area contributed by atoms with Crippen LogP contribution < -0.4 is 5.32 Å². The second-order valence-corrected chi connectivity index (χ2v) is 5.76. The number of hydrogen-bond donors (Lipinski definition) is 1. The van der Waals surface area contributed by atoms with Crippen LogP contribution in [0.4, 0.5) is 5.82 Å². The molecule has 0 unspecified atom stereocenters. The molecule has 7 nitrogen and oxygen atoms in total. The van der Waals surface area contributed by atoms with Crippen LogP contribution in [-0.4, -0.2) is 39.2 Å². The third kappa shape index (κ3) is 3.65. The van der Waals surface area contributed by atoms with Crippen molar-refractivity contribution in [1.82, 2.24) is 19.7 Å². The van der Waals surface area contributed by atoms with E-state index >= 15 is 0 Å². The van der Waals surface area contributed by atoms with E-state index in [0.29, 0.717) is 13.2 Å². The molecule has 0 saturated heterocycles. The first kappa shape index (κ1) is 15.8.